The molecule has 2 rings (SSSR count). The maximum absolute atomic E-state index is 5.76. The highest BCUT2D eigenvalue weighted by Crippen LogP contribution is 2.27. The van der Waals surface area contributed by atoms with E-state index in [2.05, 4.69) is 4.98 Å². The van der Waals surface area contributed by atoms with Crippen LogP contribution in [0.25, 0.3) is 0 Å². The number of pyridine rings is 1. The average Bonchev–Trinajstić information content (AvgIpc) is 2.64. The number of rotatable bonds is 2. The van der Waals surface area contributed by atoms with E-state index in [4.69, 9.17) is 22.1 Å². The third kappa shape index (κ3) is 2.10. The Morgan fingerprint density at radius 3 is 2.79 bits per heavy atom. The number of hydrogen-bond donors (Lipinski definition) is 1. The Morgan fingerprint density at radius 2 is 2.07 bits per heavy atom. The second-order valence-corrected chi connectivity index (χ2v) is 3.94. The minimum Gasteiger partial charge on any atom is -0.473 e. The van der Waals surface area contributed by atoms with Crippen LogP contribution in [-0.4, -0.2) is 11.1 Å². The SMILES string of the molecule is Nc1ccc(Cl)nc1OC1CCCC1. The van der Waals surface area contributed by atoms with Crippen LogP contribution < -0.4 is 10.5 Å². The molecule has 1 heterocycles. The summed E-state index contributed by atoms with van der Waals surface area (Å²) >= 11 is 5.76. The molecular formula is C10H13ClN2O. The lowest BCUT2D eigenvalue weighted by atomic mass is 10.3. The van der Waals surface area contributed by atoms with Crippen molar-refractivity contribution in [2.75, 3.05) is 5.73 Å². The van der Waals surface area contributed by atoms with Gasteiger partial charge < -0.3 is 10.5 Å². The van der Waals surface area contributed by atoms with Gasteiger partial charge >= 0.3 is 0 Å². The fourth-order valence-electron chi connectivity index (χ4n) is 1.69. The number of aromatic nitrogens is 1. The first kappa shape index (κ1) is 9.59. The molecule has 1 aliphatic rings. The summed E-state index contributed by atoms with van der Waals surface area (Å²) in [6.45, 7) is 0. The number of anilines is 1. The second-order valence-electron chi connectivity index (χ2n) is 3.55. The molecule has 0 atom stereocenters. The van der Waals surface area contributed by atoms with Crippen LogP contribution in [0, 0.1) is 0 Å². The third-order valence-corrected chi connectivity index (χ3v) is 2.65. The van der Waals surface area contributed by atoms with Crippen molar-refractivity contribution in [3.63, 3.8) is 0 Å². The molecule has 0 saturated heterocycles. The van der Waals surface area contributed by atoms with Crippen LogP contribution in [0.3, 0.4) is 0 Å². The van der Waals surface area contributed by atoms with Crippen molar-refractivity contribution >= 4 is 17.3 Å². The van der Waals surface area contributed by atoms with Crippen LogP contribution in [-0.2, 0) is 0 Å². The first-order valence-electron chi connectivity index (χ1n) is 4.84. The summed E-state index contributed by atoms with van der Waals surface area (Å²) in [6.07, 6.45) is 4.90. The molecule has 1 saturated carbocycles. The van der Waals surface area contributed by atoms with Crippen LogP contribution >= 0.6 is 11.6 Å². The van der Waals surface area contributed by atoms with E-state index in [1.807, 2.05) is 0 Å². The summed E-state index contributed by atoms with van der Waals surface area (Å²) in [4.78, 5) is 4.05. The third-order valence-electron chi connectivity index (χ3n) is 2.44. The maximum atomic E-state index is 5.76. The van der Waals surface area contributed by atoms with Crippen molar-refractivity contribution in [1.82, 2.24) is 4.98 Å². The largest absolute Gasteiger partial charge is 0.473 e. The maximum Gasteiger partial charge on any atom is 0.238 e. The van der Waals surface area contributed by atoms with E-state index >= 15 is 0 Å². The molecule has 0 aromatic carbocycles. The Hall–Kier alpha value is -0.960. The summed E-state index contributed by atoms with van der Waals surface area (Å²) in [6, 6.07) is 3.39. The highest BCUT2D eigenvalue weighted by atomic mass is 35.5. The standard InChI is InChI=1S/C10H13ClN2O/c11-9-6-5-8(12)10(13-9)14-7-3-1-2-4-7/h5-7H,1-4,12H2. The Kier molecular flexibility index (Phi) is 2.77. The summed E-state index contributed by atoms with van der Waals surface area (Å²) < 4.78 is 5.67. The highest BCUT2D eigenvalue weighted by molar-refractivity contribution is 6.29. The van der Waals surface area contributed by atoms with Gasteiger partial charge in [0.2, 0.25) is 5.88 Å². The molecule has 2 N–H and O–H groups in total. The number of halogens is 1. The van der Waals surface area contributed by atoms with Crippen LogP contribution in [0.5, 0.6) is 5.88 Å². The molecule has 14 heavy (non-hydrogen) atoms. The fraction of sp³-hybridized carbons (Fsp3) is 0.500. The van der Waals surface area contributed by atoms with Gasteiger partial charge in [0.05, 0.1) is 5.69 Å². The molecule has 0 radical (unpaired) electrons. The van der Waals surface area contributed by atoms with Crippen molar-refractivity contribution in [3.05, 3.63) is 17.3 Å². The minimum atomic E-state index is 0.267. The number of nitrogens with zero attached hydrogens (tertiary/aromatic N) is 1. The molecular weight excluding hydrogens is 200 g/mol. The summed E-state index contributed by atoms with van der Waals surface area (Å²) in [5.41, 5.74) is 6.28. The zero-order valence-corrected chi connectivity index (χ0v) is 8.63. The Balaban J connectivity index is 2.10. The van der Waals surface area contributed by atoms with E-state index in [1.54, 1.807) is 12.1 Å². The lowest BCUT2D eigenvalue weighted by Gasteiger charge is -2.13. The van der Waals surface area contributed by atoms with Gasteiger partial charge in [0.1, 0.15) is 11.3 Å². The van der Waals surface area contributed by atoms with Crippen LogP contribution in [0.1, 0.15) is 25.7 Å². The topological polar surface area (TPSA) is 48.1 Å². The molecule has 1 aliphatic carbocycles. The molecule has 1 fully saturated rings. The van der Waals surface area contributed by atoms with E-state index in [1.165, 1.54) is 12.8 Å². The molecule has 0 aliphatic heterocycles. The lowest BCUT2D eigenvalue weighted by Crippen LogP contribution is -2.13. The number of nitrogens with two attached hydrogens (primary N) is 1. The zero-order valence-electron chi connectivity index (χ0n) is 7.87. The van der Waals surface area contributed by atoms with Gasteiger partial charge in [-0.1, -0.05) is 11.6 Å². The van der Waals surface area contributed by atoms with Gasteiger partial charge in [-0.3, -0.25) is 0 Å². The quantitative estimate of drug-likeness (QED) is 0.767. The number of ether oxygens (including phenoxy) is 1. The predicted molar refractivity (Wildman–Crippen MR) is 56.5 cm³/mol. The lowest BCUT2D eigenvalue weighted by molar-refractivity contribution is 0.203. The van der Waals surface area contributed by atoms with Gasteiger partial charge in [-0.05, 0) is 37.8 Å². The van der Waals surface area contributed by atoms with Gasteiger partial charge in [0, 0.05) is 0 Å². The molecule has 0 amide bonds. The van der Waals surface area contributed by atoms with Crippen molar-refractivity contribution in [2.45, 2.75) is 31.8 Å². The monoisotopic (exact) mass is 212 g/mol. The normalized spacial score (nSPS) is 17.2. The number of hydrogen-bond acceptors (Lipinski definition) is 3. The van der Waals surface area contributed by atoms with E-state index in [0.717, 1.165) is 12.8 Å². The molecule has 1 aromatic heterocycles. The number of nitrogen functional groups attached to an aromatic ring is 1. The Morgan fingerprint density at radius 1 is 1.36 bits per heavy atom. The van der Waals surface area contributed by atoms with Crippen LogP contribution in [0.4, 0.5) is 5.69 Å². The molecule has 0 spiro atoms. The van der Waals surface area contributed by atoms with Gasteiger partial charge in [-0.15, -0.1) is 0 Å². The molecule has 1 aromatic rings. The first-order valence-corrected chi connectivity index (χ1v) is 5.22. The molecule has 0 unspecified atom stereocenters. The Bertz CT molecular complexity index is 324. The first-order chi connectivity index (χ1) is 6.75. The van der Waals surface area contributed by atoms with E-state index in [9.17, 15) is 0 Å². The fourth-order valence-corrected chi connectivity index (χ4v) is 1.83. The van der Waals surface area contributed by atoms with Crippen molar-refractivity contribution in [1.29, 1.82) is 0 Å². The van der Waals surface area contributed by atoms with Crippen molar-refractivity contribution < 1.29 is 4.74 Å². The van der Waals surface area contributed by atoms with Gasteiger partial charge in [-0.25, -0.2) is 0 Å². The summed E-state index contributed by atoms with van der Waals surface area (Å²) in [5.74, 6) is 0.476. The summed E-state index contributed by atoms with van der Waals surface area (Å²) in [7, 11) is 0. The van der Waals surface area contributed by atoms with E-state index in [0.29, 0.717) is 16.7 Å². The van der Waals surface area contributed by atoms with Crippen LogP contribution in [0.2, 0.25) is 5.15 Å². The van der Waals surface area contributed by atoms with Gasteiger partial charge in [0.15, 0.2) is 0 Å². The van der Waals surface area contributed by atoms with Crippen molar-refractivity contribution in [3.8, 4) is 5.88 Å². The van der Waals surface area contributed by atoms with E-state index < -0.39 is 0 Å². The van der Waals surface area contributed by atoms with Crippen molar-refractivity contribution in [2.24, 2.45) is 0 Å². The molecule has 76 valence electrons. The zero-order chi connectivity index (χ0) is 9.97. The van der Waals surface area contributed by atoms with Crippen LogP contribution in [0.15, 0.2) is 12.1 Å². The average molecular weight is 213 g/mol. The minimum absolute atomic E-state index is 0.267. The van der Waals surface area contributed by atoms with Gasteiger partial charge in [0.25, 0.3) is 0 Å². The Labute approximate surface area is 88.2 Å². The van der Waals surface area contributed by atoms with Gasteiger partial charge in [-0.2, -0.15) is 4.98 Å². The van der Waals surface area contributed by atoms with E-state index in [-0.39, 0.29) is 6.10 Å². The molecule has 3 nitrogen and oxygen atoms in total. The molecule has 0 bridgehead atoms. The summed E-state index contributed by atoms with van der Waals surface area (Å²) in [5, 5.41) is 0.423. The second kappa shape index (κ2) is 4.05. The predicted octanol–water partition coefficient (Wildman–Crippen LogP) is 2.64. The molecule has 4 heteroatoms. The smallest absolute Gasteiger partial charge is 0.238 e. The highest BCUT2D eigenvalue weighted by Gasteiger charge is 2.18.